The summed E-state index contributed by atoms with van der Waals surface area (Å²) in [4.78, 5) is 13.0. The molecule has 3 rings (SSSR count). The molecule has 3 N–H and O–H groups in total. The maximum atomic E-state index is 12.5. The molecule has 1 aromatic heterocycles. The highest BCUT2D eigenvalue weighted by atomic mass is 32.1. The number of fused-ring (bicyclic) bond motifs is 1. The molecule has 0 spiro atoms. The molecule has 5 heteroatoms. The van der Waals surface area contributed by atoms with Crippen molar-refractivity contribution in [2.24, 2.45) is 5.41 Å². The quantitative estimate of drug-likeness (QED) is 0.766. The van der Waals surface area contributed by atoms with Crippen molar-refractivity contribution >= 4 is 27.8 Å². The average molecular weight is 287 g/mol. The van der Waals surface area contributed by atoms with Crippen molar-refractivity contribution in [2.75, 3.05) is 11.1 Å². The molecule has 1 aromatic rings. The standard InChI is InChI=1S/C15H17N3OS/c1-7-11-8(4-15(2,3)5-9(11)19)18-14-12(7)13(17)10(6-16)20-14/h7,18H,4-5,17H2,1-3H3/t7-/m0/s1. The first-order valence-corrected chi connectivity index (χ1v) is 7.51. The second-order valence-corrected chi connectivity index (χ2v) is 7.40. The van der Waals surface area contributed by atoms with Gasteiger partial charge in [0.25, 0.3) is 0 Å². The summed E-state index contributed by atoms with van der Waals surface area (Å²) in [6, 6.07) is 2.13. The molecule has 0 saturated heterocycles. The van der Waals surface area contributed by atoms with E-state index in [-0.39, 0.29) is 17.1 Å². The topological polar surface area (TPSA) is 78.9 Å². The third-order valence-electron chi connectivity index (χ3n) is 4.14. The van der Waals surface area contributed by atoms with Gasteiger partial charge in [0.05, 0.1) is 10.7 Å². The predicted octanol–water partition coefficient (Wildman–Crippen LogP) is 3.37. The van der Waals surface area contributed by atoms with E-state index < -0.39 is 0 Å². The Hall–Kier alpha value is -1.80. The molecule has 2 heterocycles. The van der Waals surface area contributed by atoms with E-state index in [1.807, 2.05) is 6.92 Å². The Morgan fingerprint density at radius 1 is 1.45 bits per heavy atom. The SMILES string of the molecule is C[C@H]1C2=C(CC(C)(C)CC2=O)Nc2sc(C#N)c(N)c21. The maximum Gasteiger partial charge on any atom is 0.161 e. The molecule has 4 nitrogen and oxygen atoms in total. The van der Waals surface area contributed by atoms with Crippen LogP contribution in [0.25, 0.3) is 0 Å². The zero-order chi connectivity index (χ0) is 14.7. The normalized spacial score (nSPS) is 23.7. The summed E-state index contributed by atoms with van der Waals surface area (Å²) < 4.78 is 0. The zero-order valence-electron chi connectivity index (χ0n) is 11.8. The van der Waals surface area contributed by atoms with Gasteiger partial charge in [0.15, 0.2) is 5.78 Å². The van der Waals surface area contributed by atoms with Crippen LogP contribution in [0.1, 0.15) is 50.0 Å². The van der Waals surface area contributed by atoms with Crippen LogP contribution in [-0.2, 0) is 4.79 Å². The van der Waals surface area contributed by atoms with Gasteiger partial charge in [-0.25, -0.2) is 0 Å². The first-order chi connectivity index (χ1) is 9.34. The molecule has 104 valence electrons. The van der Waals surface area contributed by atoms with Crippen molar-refractivity contribution < 1.29 is 4.79 Å². The van der Waals surface area contributed by atoms with Gasteiger partial charge in [0.2, 0.25) is 0 Å². The highest BCUT2D eigenvalue weighted by molar-refractivity contribution is 7.17. The fourth-order valence-corrected chi connectivity index (χ4v) is 4.33. The third-order valence-corrected chi connectivity index (χ3v) is 5.18. The molecular formula is C15H17N3OS. The lowest BCUT2D eigenvalue weighted by Crippen LogP contribution is -2.32. The minimum absolute atomic E-state index is 0.0129. The molecule has 2 aliphatic rings. The molecule has 0 fully saturated rings. The summed E-state index contributed by atoms with van der Waals surface area (Å²) in [5.41, 5.74) is 9.35. The Morgan fingerprint density at radius 2 is 2.15 bits per heavy atom. The fraction of sp³-hybridized carbons (Fsp3) is 0.467. The number of anilines is 2. The van der Waals surface area contributed by atoms with Crippen molar-refractivity contribution in [1.29, 1.82) is 5.26 Å². The van der Waals surface area contributed by atoms with E-state index in [0.29, 0.717) is 17.0 Å². The minimum atomic E-state index is -0.0248. The number of nitrogens with one attached hydrogen (secondary N) is 1. The first-order valence-electron chi connectivity index (χ1n) is 6.69. The summed E-state index contributed by atoms with van der Waals surface area (Å²) in [7, 11) is 0. The van der Waals surface area contributed by atoms with Gasteiger partial charge < -0.3 is 11.1 Å². The largest absolute Gasteiger partial charge is 0.397 e. The number of nitrogen functional groups attached to an aromatic ring is 1. The number of carbonyl (C=O) groups is 1. The van der Waals surface area contributed by atoms with Crippen LogP contribution in [0.3, 0.4) is 0 Å². The summed E-state index contributed by atoms with van der Waals surface area (Å²) in [5, 5.41) is 13.4. The van der Waals surface area contributed by atoms with Crippen LogP contribution >= 0.6 is 11.3 Å². The fourth-order valence-electron chi connectivity index (χ4n) is 3.29. The minimum Gasteiger partial charge on any atom is -0.397 e. The van der Waals surface area contributed by atoms with E-state index in [2.05, 4.69) is 25.2 Å². The smallest absolute Gasteiger partial charge is 0.161 e. The molecule has 0 unspecified atom stereocenters. The predicted molar refractivity (Wildman–Crippen MR) is 80.5 cm³/mol. The number of carbonyl (C=O) groups excluding carboxylic acids is 1. The zero-order valence-corrected chi connectivity index (χ0v) is 12.6. The Bertz CT molecular complexity index is 691. The van der Waals surface area contributed by atoms with Crippen molar-refractivity contribution in [2.45, 2.75) is 39.5 Å². The van der Waals surface area contributed by atoms with Gasteiger partial charge in [-0.1, -0.05) is 20.8 Å². The number of Topliss-reactive ketones (excluding diaryl/α,β-unsaturated/α-hetero) is 1. The number of ketones is 1. The lowest BCUT2D eigenvalue weighted by Gasteiger charge is -2.37. The molecule has 1 aliphatic carbocycles. The molecule has 0 amide bonds. The summed E-state index contributed by atoms with van der Waals surface area (Å²) in [6.07, 6.45) is 1.43. The van der Waals surface area contributed by atoms with Crippen molar-refractivity contribution in [3.63, 3.8) is 0 Å². The van der Waals surface area contributed by atoms with Crippen LogP contribution in [-0.4, -0.2) is 5.78 Å². The molecule has 0 radical (unpaired) electrons. The van der Waals surface area contributed by atoms with Crippen LogP contribution in [0, 0.1) is 16.7 Å². The number of hydrogen-bond donors (Lipinski definition) is 2. The van der Waals surface area contributed by atoms with E-state index in [1.54, 1.807) is 0 Å². The van der Waals surface area contributed by atoms with Gasteiger partial charge in [-0.3, -0.25) is 4.79 Å². The van der Waals surface area contributed by atoms with Gasteiger partial charge in [0.1, 0.15) is 10.9 Å². The number of thiophene rings is 1. The van der Waals surface area contributed by atoms with E-state index in [9.17, 15) is 4.79 Å². The van der Waals surface area contributed by atoms with Crippen molar-refractivity contribution in [1.82, 2.24) is 0 Å². The number of allylic oxidation sites excluding steroid dienone is 2. The molecule has 1 atom stereocenters. The molecular weight excluding hydrogens is 270 g/mol. The maximum absolute atomic E-state index is 12.5. The molecule has 0 bridgehead atoms. The van der Waals surface area contributed by atoms with Gasteiger partial charge in [-0.15, -0.1) is 11.3 Å². The van der Waals surface area contributed by atoms with Crippen molar-refractivity contribution in [3.05, 3.63) is 21.7 Å². The van der Waals surface area contributed by atoms with Crippen LogP contribution < -0.4 is 11.1 Å². The number of hydrogen-bond acceptors (Lipinski definition) is 5. The first kappa shape index (κ1) is 13.2. The second kappa shape index (κ2) is 4.10. The highest BCUT2D eigenvalue weighted by Crippen LogP contribution is 2.51. The summed E-state index contributed by atoms with van der Waals surface area (Å²) >= 11 is 1.38. The van der Waals surface area contributed by atoms with Crippen LogP contribution in [0.15, 0.2) is 11.3 Å². The Balaban J connectivity index is 2.13. The summed E-state index contributed by atoms with van der Waals surface area (Å²) in [5.74, 6) is 0.175. The van der Waals surface area contributed by atoms with E-state index >= 15 is 0 Å². The number of nitrogens with zero attached hydrogens (tertiary/aromatic N) is 1. The van der Waals surface area contributed by atoms with Gasteiger partial charge in [0, 0.05) is 29.2 Å². The molecule has 0 aromatic carbocycles. The molecule has 1 aliphatic heterocycles. The van der Waals surface area contributed by atoms with E-state index in [4.69, 9.17) is 11.0 Å². The van der Waals surface area contributed by atoms with E-state index in [1.165, 1.54) is 11.3 Å². The number of rotatable bonds is 0. The second-order valence-electron chi connectivity index (χ2n) is 6.38. The van der Waals surface area contributed by atoms with Gasteiger partial charge in [-0.2, -0.15) is 5.26 Å². The molecule has 20 heavy (non-hydrogen) atoms. The number of nitriles is 1. The van der Waals surface area contributed by atoms with Crippen LogP contribution in [0.5, 0.6) is 0 Å². The van der Waals surface area contributed by atoms with Gasteiger partial charge in [-0.05, 0) is 11.8 Å². The van der Waals surface area contributed by atoms with Crippen LogP contribution in [0.4, 0.5) is 10.7 Å². The van der Waals surface area contributed by atoms with E-state index in [0.717, 1.165) is 28.3 Å². The third kappa shape index (κ3) is 1.75. The highest BCUT2D eigenvalue weighted by Gasteiger charge is 2.40. The van der Waals surface area contributed by atoms with Crippen LogP contribution in [0.2, 0.25) is 0 Å². The Morgan fingerprint density at radius 3 is 2.80 bits per heavy atom. The average Bonchev–Trinajstić information content (AvgIpc) is 2.63. The number of nitrogens with two attached hydrogens (primary N) is 1. The monoisotopic (exact) mass is 287 g/mol. The summed E-state index contributed by atoms with van der Waals surface area (Å²) in [6.45, 7) is 6.23. The lowest BCUT2D eigenvalue weighted by atomic mass is 9.71. The Labute approximate surface area is 122 Å². The lowest BCUT2D eigenvalue weighted by molar-refractivity contribution is -0.118. The van der Waals surface area contributed by atoms with Gasteiger partial charge >= 0.3 is 0 Å². The Kier molecular flexibility index (Phi) is 2.70. The van der Waals surface area contributed by atoms with Crippen molar-refractivity contribution in [3.8, 4) is 6.07 Å². The molecule has 0 saturated carbocycles.